The van der Waals surface area contributed by atoms with Crippen LogP contribution < -0.4 is 5.73 Å². The first-order valence-corrected chi connectivity index (χ1v) is 7.65. The lowest BCUT2D eigenvalue weighted by Gasteiger charge is -2.57. The second kappa shape index (κ2) is 5.10. The number of hydrogen-bond donors (Lipinski definition) is 2. The number of ether oxygens (including phenoxy) is 1. The Morgan fingerprint density at radius 2 is 1.67 bits per heavy atom. The van der Waals surface area contributed by atoms with Crippen molar-refractivity contribution in [1.29, 1.82) is 0 Å². The Hall–Kier alpha value is -0.120. The molecule has 18 heavy (non-hydrogen) atoms. The highest BCUT2D eigenvalue weighted by molar-refractivity contribution is 5.01. The van der Waals surface area contributed by atoms with Gasteiger partial charge in [0.1, 0.15) is 0 Å². The summed E-state index contributed by atoms with van der Waals surface area (Å²) in [5.41, 5.74) is 5.97. The van der Waals surface area contributed by atoms with Crippen LogP contribution in [0.15, 0.2) is 0 Å². The Labute approximate surface area is 110 Å². The van der Waals surface area contributed by atoms with Gasteiger partial charge in [-0.2, -0.15) is 0 Å². The average Bonchev–Trinajstić information content (AvgIpc) is 2.32. The molecular formula is C15H27NO2. The third-order valence-corrected chi connectivity index (χ3v) is 5.52. The van der Waals surface area contributed by atoms with Crippen molar-refractivity contribution in [2.45, 2.75) is 51.0 Å². The molecule has 0 radical (unpaired) electrons. The summed E-state index contributed by atoms with van der Waals surface area (Å²) in [6, 6.07) is 0. The van der Waals surface area contributed by atoms with Gasteiger partial charge in [-0.3, -0.25) is 0 Å². The maximum absolute atomic E-state index is 9.37. The normalized spacial score (nSPS) is 43.3. The summed E-state index contributed by atoms with van der Waals surface area (Å²) in [5, 5.41) is 9.37. The summed E-state index contributed by atoms with van der Waals surface area (Å²) < 4.78 is 5.60. The molecule has 0 saturated heterocycles. The molecule has 0 spiro atoms. The van der Waals surface area contributed by atoms with E-state index >= 15 is 0 Å². The third-order valence-electron chi connectivity index (χ3n) is 5.52. The first-order chi connectivity index (χ1) is 8.69. The predicted molar refractivity (Wildman–Crippen MR) is 71.1 cm³/mol. The summed E-state index contributed by atoms with van der Waals surface area (Å²) in [6.45, 7) is 1.52. The van der Waals surface area contributed by atoms with Gasteiger partial charge in [0.15, 0.2) is 0 Å². The lowest BCUT2D eigenvalue weighted by molar-refractivity contribution is -0.0727. The zero-order valence-corrected chi connectivity index (χ0v) is 11.3. The van der Waals surface area contributed by atoms with Crippen molar-refractivity contribution in [2.24, 2.45) is 28.9 Å². The van der Waals surface area contributed by atoms with Crippen molar-refractivity contribution < 1.29 is 9.84 Å². The largest absolute Gasteiger partial charge is 0.389 e. The Balaban J connectivity index is 1.47. The van der Waals surface area contributed by atoms with Crippen molar-refractivity contribution in [3.05, 3.63) is 0 Å². The SMILES string of the molecule is NC[C@H](O)COCCC12CC3CC(CC(C3)C1)C2. The van der Waals surface area contributed by atoms with Gasteiger partial charge in [0.2, 0.25) is 0 Å². The molecule has 0 aromatic heterocycles. The Kier molecular flexibility index (Phi) is 3.65. The molecule has 4 rings (SSSR count). The number of rotatable bonds is 6. The topological polar surface area (TPSA) is 55.5 Å². The van der Waals surface area contributed by atoms with Gasteiger partial charge in [-0.1, -0.05) is 0 Å². The number of hydrogen-bond acceptors (Lipinski definition) is 3. The van der Waals surface area contributed by atoms with E-state index in [9.17, 15) is 5.11 Å². The van der Waals surface area contributed by atoms with E-state index in [0.717, 1.165) is 24.4 Å². The standard InChI is InChI=1S/C15H27NO2/c16-9-14(17)10-18-2-1-15-6-11-3-12(7-15)5-13(4-11)8-15/h11-14,17H,1-10,16H2/t11?,12?,13?,14-,15?/m0/s1. The van der Waals surface area contributed by atoms with Gasteiger partial charge in [0.05, 0.1) is 12.7 Å². The maximum Gasteiger partial charge on any atom is 0.0895 e. The molecule has 4 fully saturated rings. The zero-order chi connectivity index (χ0) is 12.6. The van der Waals surface area contributed by atoms with E-state index in [1.54, 1.807) is 0 Å². The van der Waals surface area contributed by atoms with Crippen LogP contribution in [-0.2, 0) is 4.74 Å². The van der Waals surface area contributed by atoms with E-state index in [-0.39, 0.29) is 0 Å². The van der Waals surface area contributed by atoms with Crippen molar-refractivity contribution >= 4 is 0 Å². The number of nitrogens with two attached hydrogens (primary N) is 1. The molecule has 4 aliphatic rings. The molecule has 0 aliphatic heterocycles. The van der Waals surface area contributed by atoms with E-state index in [1.807, 2.05) is 0 Å². The van der Waals surface area contributed by atoms with Crippen LogP contribution >= 0.6 is 0 Å². The molecular weight excluding hydrogens is 226 g/mol. The minimum Gasteiger partial charge on any atom is -0.389 e. The van der Waals surface area contributed by atoms with Crippen LogP contribution in [-0.4, -0.2) is 31.0 Å². The number of aliphatic hydroxyl groups excluding tert-OH is 1. The molecule has 4 aliphatic carbocycles. The van der Waals surface area contributed by atoms with E-state index < -0.39 is 6.10 Å². The smallest absolute Gasteiger partial charge is 0.0895 e. The molecule has 0 unspecified atom stereocenters. The van der Waals surface area contributed by atoms with Gasteiger partial charge in [-0.25, -0.2) is 0 Å². The molecule has 4 saturated carbocycles. The molecule has 0 aromatic rings. The van der Waals surface area contributed by atoms with Crippen LogP contribution in [0, 0.1) is 23.2 Å². The highest BCUT2D eigenvalue weighted by atomic mass is 16.5. The van der Waals surface area contributed by atoms with Crippen LogP contribution in [0.4, 0.5) is 0 Å². The van der Waals surface area contributed by atoms with Crippen LogP contribution in [0.1, 0.15) is 44.9 Å². The van der Waals surface area contributed by atoms with Gasteiger partial charge in [-0.05, 0) is 68.1 Å². The third kappa shape index (κ3) is 2.59. The van der Waals surface area contributed by atoms with Crippen LogP contribution in [0.5, 0.6) is 0 Å². The monoisotopic (exact) mass is 253 g/mol. The maximum atomic E-state index is 9.37. The summed E-state index contributed by atoms with van der Waals surface area (Å²) in [4.78, 5) is 0. The molecule has 0 amide bonds. The lowest BCUT2D eigenvalue weighted by atomic mass is 9.49. The lowest BCUT2D eigenvalue weighted by Crippen LogP contribution is -2.46. The molecule has 0 aromatic carbocycles. The van der Waals surface area contributed by atoms with E-state index in [4.69, 9.17) is 10.5 Å². The van der Waals surface area contributed by atoms with Crippen LogP contribution in [0.2, 0.25) is 0 Å². The Bertz CT molecular complexity index is 257. The quantitative estimate of drug-likeness (QED) is 0.711. The van der Waals surface area contributed by atoms with Crippen molar-refractivity contribution in [2.75, 3.05) is 19.8 Å². The van der Waals surface area contributed by atoms with E-state index in [1.165, 1.54) is 44.9 Å². The molecule has 1 atom stereocenters. The zero-order valence-electron chi connectivity index (χ0n) is 11.3. The van der Waals surface area contributed by atoms with Gasteiger partial charge in [0, 0.05) is 13.2 Å². The predicted octanol–water partition coefficient (Wildman–Crippen LogP) is 1.93. The second-order valence-corrected chi connectivity index (χ2v) is 7.13. The van der Waals surface area contributed by atoms with Crippen LogP contribution in [0.25, 0.3) is 0 Å². The van der Waals surface area contributed by atoms with Crippen molar-refractivity contribution in [3.8, 4) is 0 Å². The van der Waals surface area contributed by atoms with Gasteiger partial charge < -0.3 is 15.6 Å². The molecule has 104 valence electrons. The van der Waals surface area contributed by atoms with Crippen LogP contribution in [0.3, 0.4) is 0 Å². The fraction of sp³-hybridized carbons (Fsp3) is 1.00. The molecule has 0 heterocycles. The average molecular weight is 253 g/mol. The van der Waals surface area contributed by atoms with E-state index in [0.29, 0.717) is 18.6 Å². The van der Waals surface area contributed by atoms with Gasteiger partial charge >= 0.3 is 0 Å². The minimum absolute atomic E-state index is 0.303. The Morgan fingerprint density at radius 3 is 2.17 bits per heavy atom. The highest BCUT2D eigenvalue weighted by Crippen LogP contribution is 2.61. The molecule has 3 N–H and O–H groups in total. The summed E-state index contributed by atoms with van der Waals surface area (Å²) in [5.74, 6) is 3.06. The van der Waals surface area contributed by atoms with E-state index in [2.05, 4.69) is 0 Å². The minimum atomic E-state index is -0.485. The first-order valence-electron chi connectivity index (χ1n) is 7.65. The first kappa shape index (κ1) is 12.9. The van der Waals surface area contributed by atoms with Gasteiger partial charge in [0.25, 0.3) is 0 Å². The van der Waals surface area contributed by atoms with Crippen molar-refractivity contribution in [3.63, 3.8) is 0 Å². The fourth-order valence-corrected chi connectivity index (χ4v) is 5.17. The molecule has 4 bridgehead atoms. The summed E-state index contributed by atoms with van der Waals surface area (Å²) >= 11 is 0. The summed E-state index contributed by atoms with van der Waals surface area (Å²) in [6.07, 6.45) is 9.57. The highest BCUT2D eigenvalue weighted by Gasteiger charge is 2.50. The Morgan fingerprint density at radius 1 is 1.11 bits per heavy atom. The van der Waals surface area contributed by atoms with Crippen molar-refractivity contribution in [1.82, 2.24) is 0 Å². The fourth-order valence-electron chi connectivity index (χ4n) is 5.17. The van der Waals surface area contributed by atoms with Gasteiger partial charge in [-0.15, -0.1) is 0 Å². The number of aliphatic hydroxyl groups is 1. The molecule has 3 nitrogen and oxygen atoms in total. The summed E-state index contributed by atoms with van der Waals surface area (Å²) in [7, 11) is 0. The molecule has 3 heteroatoms. The second-order valence-electron chi connectivity index (χ2n) is 7.13.